The van der Waals surface area contributed by atoms with Gasteiger partial charge < -0.3 is 9.47 Å². The zero-order valence-corrected chi connectivity index (χ0v) is 14.3. The second kappa shape index (κ2) is 4.69. The van der Waals surface area contributed by atoms with Crippen molar-refractivity contribution in [2.24, 2.45) is 16.7 Å². The minimum absolute atomic E-state index is 0.145. The van der Waals surface area contributed by atoms with Crippen LogP contribution in [-0.2, 0) is 19.1 Å². The Morgan fingerprint density at radius 3 is 2.52 bits per heavy atom. The van der Waals surface area contributed by atoms with Crippen molar-refractivity contribution in [3.8, 4) is 0 Å². The van der Waals surface area contributed by atoms with Gasteiger partial charge in [-0.15, -0.1) is 0 Å². The van der Waals surface area contributed by atoms with E-state index in [0.29, 0.717) is 25.2 Å². The second-order valence-electron chi connectivity index (χ2n) is 8.68. The van der Waals surface area contributed by atoms with Gasteiger partial charge in [0.2, 0.25) is 0 Å². The van der Waals surface area contributed by atoms with Crippen molar-refractivity contribution >= 4 is 11.8 Å². The van der Waals surface area contributed by atoms with Crippen LogP contribution in [0.15, 0.2) is 12.2 Å². The van der Waals surface area contributed by atoms with E-state index in [4.69, 9.17) is 9.47 Å². The highest BCUT2D eigenvalue weighted by Crippen LogP contribution is 2.66. The summed E-state index contributed by atoms with van der Waals surface area (Å²) in [5.74, 6) is 0.589. The molecule has 2 bridgehead atoms. The SMILES string of the molecule is CC1(C)[C@H]2CC[C@]1(C)[C@H](O[C@H]1CC(=O)CC[C@]13C=CC(=O)O3)C2. The lowest BCUT2D eigenvalue weighted by atomic mass is 9.69. The van der Waals surface area contributed by atoms with E-state index >= 15 is 0 Å². The van der Waals surface area contributed by atoms with Crippen molar-refractivity contribution in [2.75, 3.05) is 0 Å². The number of rotatable bonds is 2. The molecule has 0 aromatic rings. The summed E-state index contributed by atoms with van der Waals surface area (Å²) in [6.07, 6.45) is 8.01. The van der Waals surface area contributed by atoms with Crippen molar-refractivity contribution in [2.45, 2.75) is 77.1 Å². The first-order valence-corrected chi connectivity index (χ1v) is 8.86. The molecule has 0 saturated heterocycles. The molecule has 4 heteroatoms. The molecule has 4 aliphatic rings. The Balaban J connectivity index is 1.59. The molecule has 1 heterocycles. The van der Waals surface area contributed by atoms with Crippen LogP contribution in [-0.4, -0.2) is 29.6 Å². The lowest BCUT2D eigenvalue weighted by Gasteiger charge is -2.44. The van der Waals surface area contributed by atoms with Gasteiger partial charge in [0.25, 0.3) is 0 Å². The molecule has 0 amide bonds. The number of hydrogen-bond donors (Lipinski definition) is 0. The fraction of sp³-hybridized carbons (Fsp3) is 0.789. The number of ether oxygens (including phenoxy) is 2. The van der Waals surface area contributed by atoms with Crippen molar-refractivity contribution in [3.63, 3.8) is 0 Å². The quantitative estimate of drug-likeness (QED) is 0.734. The van der Waals surface area contributed by atoms with E-state index in [9.17, 15) is 9.59 Å². The largest absolute Gasteiger partial charge is 0.449 e. The normalized spacial score (nSPS) is 47.5. The second-order valence-corrected chi connectivity index (χ2v) is 8.68. The first-order chi connectivity index (χ1) is 10.8. The maximum Gasteiger partial charge on any atom is 0.331 e. The summed E-state index contributed by atoms with van der Waals surface area (Å²) in [5, 5.41) is 0. The van der Waals surface area contributed by atoms with Crippen LogP contribution in [0.3, 0.4) is 0 Å². The molecule has 4 nitrogen and oxygen atoms in total. The maximum atomic E-state index is 12.0. The lowest BCUT2D eigenvalue weighted by Crippen LogP contribution is -2.51. The predicted molar refractivity (Wildman–Crippen MR) is 84.7 cm³/mol. The van der Waals surface area contributed by atoms with E-state index in [1.54, 1.807) is 0 Å². The van der Waals surface area contributed by atoms with E-state index in [2.05, 4.69) is 20.8 Å². The molecule has 126 valence electrons. The van der Waals surface area contributed by atoms with Crippen LogP contribution in [0, 0.1) is 16.7 Å². The summed E-state index contributed by atoms with van der Waals surface area (Å²) < 4.78 is 12.1. The Labute approximate surface area is 137 Å². The van der Waals surface area contributed by atoms with Gasteiger partial charge in [-0.1, -0.05) is 20.8 Å². The predicted octanol–water partition coefficient (Wildman–Crippen LogP) is 3.19. The van der Waals surface area contributed by atoms with Gasteiger partial charge in [-0.05, 0) is 42.1 Å². The lowest BCUT2D eigenvalue weighted by molar-refractivity contribution is -0.186. The summed E-state index contributed by atoms with van der Waals surface area (Å²) in [6.45, 7) is 7.04. The van der Waals surface area contributed by atoms with Crippen LogP contribution in [0.25, 0.3) is 0 Å². The third kappa shape index (κ3) is 2.00. The van der Waals surface area contributed by atoms with E-state index in [1.807, 2.05) is 6.08 Å². The summed E-state index contributed by atoms with van der Waals surface area (Å²) in [7, 11) is 0. The average Bonchev–Trinajstić information content (AvgIpc) is 3.02. The van der Waals surface area contributed by atoms with E-state index < -0.39 is 5.60 Å². The van der Waals surface area contributed by atoms with Crippen molar-refractivity contribution in [1.29, 1.82) is 0 Å². The third-order valence-electron chi connectivity index (χ3n) is 7.59. The number of ketones is 1. The standard InChI is InChI=1S/C19H26O4/c1-17(2)12-4-7-18(17,3)14(10-12)22-15-11-13(20)5-8-19(15)9-6-16(21)23-19/h6,9,12,14-15H,4-5,7-8,10-11H2,1-3H3/t12-,14+,15-,18+,19-/m0/s1. The average molecular weight is 318 g/mol. The van der Waals surface area contributed by atoms with Gasteiger partial charge in [-0.25, -0.2) is 4.79 Å². The van der Waals surface area contributed by atoms with Gasteiger partial charge >= 0.3 is 5.97 Å². The number of hydrogen-bond acceptors (Lipinski definition) is 4. The van der Waals surface area contributed by atoms with Gasteiger partial charge in [0.1, 0.15) is 11.9 Å². The zero-order chi connectivity index (χ0) is 16.5. The first-order valence-electron chi connectivity index (χ1n) is 8.86. The van der Waals surface area contributed by atoms with E-state index in [1.165, 1.54) is 18.9 Å². The van der Waals surface area contributed by atoms with E-state index in [-0.39, 0.29) is 34.8 Å². The van der Waals surface area contributed by atoms with Crippen LogP contribution < -0.4 is 0 Å². The molecule has 5 atom stereocenters. The molecule has 3 fully saturated rings. The fourth-order valence-electron chi connectivity index (χ4n) is 5.45. The highest BCUT2D eigenvalue weighted by molar-refractivity contribution is 5.87. The smallest absolute Gasteiger partial charge is 0.331 e. The molecule has 0 aromatic heterocycles. The molecule has 3 saturated carbocycles. The van der Waals surface area contributed by atoms with Gasteiger partial charge in [-0.2, -0.15) is 0 Å². The van der Waals surface area contributed by atoms with Gasteiger partial charge in [0, 0.05) is 25.3 Å². The highest BCUT2D eigenvalue weighted by Gasteiger charge is 2.63. The van der Waals surface area contributed by atoms with Crippen LogP contribution in [0.5, 0.6) is 0 Å². The minimum atomic E-state index is -0.715. The number of fused-ring (bicyclic) bond motifs is 2. The van der Waals surface area contributed by atoms with Gasteiger partial charge in [0.15, 0.2) is 5.60 Å². The Kier molecular flexibility index (Phi) is 3.13. The van der Waals surface area contributed by atoms with Crippen LogP contribution in [0.4, 0.5) is 0 Å². The molecule has 0 N–H and O–H groups in total. The molecule has 0 aromatic carbocycles. The summed E-state index contributed by atoms with van der Waals surface area (Å²) in [5.41, 5.74) is -0.301. The van der Waals surface area contributed by atoms with Crippen LogP contribution in [0.2, 0.25) is 0 Å². The van der Waals surface area contributed by atoms with Crippen molar-refractivity contribution in [3.05, 3.63) is 12.2 Å². The topological polar surface area (TPSA) is 52.6 Å². The van der Waals surface area contributed by atoms with Crippen molar-refractivity contribution < 1.29 is 19.1 Å². The number of carbonyl (C=O) groups is 2. The molecule has 0 unspecified atom stereocenters. The Morgan fingerprint density at radius 2 is 1.96 bits per heavy atom. The summed E-state index contributed by atoms with van der Waals surface area (Å²) in [6, 6.07) is 0. The molecule has 3 aliphatic carbocycles. The summed E-state index contributed by atoms with van der Waals surface area (Å²) >= 11 is 0. The summed E-state index contributed by atoms with van der Waals surface area (Å²) in [4.78, 5) is 23.6. The zero-order valence-electron chi connectivity index (χ0n) is 14.3. The number of Topliss-reactive ketones (excluding diaryl/α,β-unsaturated/α-hetero) is 1. The third-order valence-corrected chi connectivity index (χ3v) is 7.59. The van der Waals surface area contributed by atoms with E-state index in [0.717, 1.165) is 6.42 Å². The molecule has 4 rings (SSSR count). The van der Waals surface area contributed by atoms with Crippen LogP contribution >= 0.6 is 0 Å². The monoisotopic (exact) mass is 318 g/mol. The van der Waals surface area contributed by atoms with Crippen LogP contribution in [0.1, 0.15) is 59.3 Å². The maximum absolute atomic E-state index is 12.0. The Bertz CT molecular complexity index is 592. The molecular formula is C19H26O4. The Morgan fingerprint density at radius 1 is 1.17 bits per heavy atom. The van der Waals surface area contributed by atoms with Gasteiger partial charge in [0.05, 0.1) is 6.10 Å². The fourth-order valence-corrected chi connectivity index (χ4v) is 5.45. The molecular weight excluding hydrogens is 292 g/mol. The molecule has 0 radical (unpaired) electrons. The number of carbonyl (C=O) groups excluding carboxylic acids is 2. The highest BCUT2D eigenvalue weighted by atomic mass is 16.6. The first kappa shape index (κ1) is 15.4. The molecule has 23 heavy (non-hydrogen) atoms. The minimum Gasteiger partial charge on any atom is -0.449 e. The van der Waals surface area contributed by atoms with Gasteiger partial charge in [-0.3, -0.25) is 4.79 Å². The molecule has 1 spiro atoms. The Hall–Kier alpha value is -1.16. The number of esters is 1. The molecule has 1 aliphatic heterocycles. The van der Waals surface area contributed by atoms with Crippen molar-refractivity contribution in [1.82, 2.24) is 0 Å².